The molecule has 0 spiro atoms. The van der Waals surface area contributed by atoms with Crippen LogP contribution in [0.1, 0.15) is 45.4 Å². The molecule has 25 heavy (non-hydrogen) atoms. The molecule has 1 rings (SSSR count). The Kier molecular flexibility index (Phi) is 7.16. The van der Waals surface area contributed by atoms with E-state index < -0.39 is 48.8 Å². The smallest absolute Gasteiger partial charge is 0.464 e. The minimum absolute atomic E-state index is 0.320. The van der Waals surface area contributed by atoms with Crippen molar-refractivity contribution in [2.24, 2.45) is 5.92 Å². The fourth-order valence-electron chi connectivity index (χ4n) is 2.46. The molecule has 0 aromatic carbocycles. The Labute approximate surface area is 141 Å². The zero-order valence-corrected chi connectivity index (χ0v) is 14.0. The molecule has 0 radical (unpaired) electrons. The van der Waals surface area contributed by atoms with Crippen molar-refractivity contribution < 1.29 is 45.8 Å². The Bertz CT molecular complexity index is 468. The summed E-state index contributed by atoms with van der Waals surface area (Å²) in [6.07, 6.45) is -3.83. The maximum Gasteiger partial charge on any atom is 0.468 e. The van der Waals surface area contributed by atoms with Crippen molar-refractivity contribution in [2.75, 3.05) is 13.7 Å². The van der Waals surface area contributed by atoms with Crippen LogP contribution in [0.5, 0.6) is 0 Å². The van der Waals surface area contributed by atoms with Crippen LogP contribution in [-0.2, 0) is 23.8 Å². The molecule has 0 bridgehead atoms. The number of esters is 2. The van der Waals surface area contributed by atoms with Gasteiger partial charge in [0.1, 0.15) is 0 Å². The molecule has 0 heterocycles. The number of methoxy groups -OCH3 is 1. The Balaban J connectivity index is 3.02. The van der Waals surface area contributed by atoms with Crippen molar-refractivity contribution in [1.82, 2.24) is 0 Å². The lowest BCUT2D eigenvalue weighted by molar-refractivity contribution is -0.357. The van der Waals surface area contributed by atoms with Gasteiger partial charge in [0, 0.05) is 6.42 Å². The second kappa shape index (κ2) is 8.29. The summed E-state index contributed by atoms with van der Waals surface area (Å²) in [6, 6.07) is 0. The van der Waals surface area contributed by atoms with Gasteiger partial charge in [0.05, 0.1) is 19.6 Å². The first-order chi connectivity index (χ1) is 11.4. The van der Waals surface area contributed by atoms with E-state index in [-0.39, 0.29) is 0 Å². The zero-order valence-electron chi connectivity index (χ0n) is 14.0. The molecule has 0 amide bonds. The first-order valence-corrected chi connectivity index (χ1v) is 7.83. The molecule has 1 saturated carbocycles. The van der Waals surface area contributed by atoms with Gasteiger partial charge in [-0.05, 0) is 19.8 Å². The first kappa shape index (κ1) is 21.6. The molecular weight excluding hydrogens is 355 g/mol. The second-order valence-corrected chi connectivity index (χ2v) is 6.03. The van der Waals surface area contributed by atoms with Crippen LogP contribution < -0.4 is 0 Å². The molecule has 1 fully saturated rings. The fraction of sp³-hybridized carbons (Fsp3) is 0.867. The predicted molar refractivity (Wildman–Crippen MR) is 74.7 cm³/mol. The molecule has 1 aliphatic rings. The van der Waals surface area contributed by atoms with Gasteiger partial charge in [-0.15, -0.1) is 0 Å². The molecule has 10 heteroatoms. The zero-order chi connectivity index (χ0) is 19.3. The van der Waals surface area contributed by atoms with Crippen molar-refractivity contribution in [2.45, 2.75) is 63.3 Å². The number of halogens is 5. The van der Waals surface area contributed by atoms with E-state index in [4.69, 9.17) is 0 Å². The van der Waals surface area contributed by atoms with Crippen LogP contribution in [0.3, 0.4) is 0 Å². The van der Waals surface area contributed by atoms with Crippen LogP contribution in [-0.4, -0.2) is 43.5 Å². The highest BCUT2D eigenvalue weighted by Crippen LogP contribution is 2.38. The summed E-state index contributed by atoms with van der Waals surface area (Å²) >= 11 is 0. The van der Waals surface area contributed by atoms with Crippen LogP contribution in [0, 0.1) is 5.92 Å². The Morgan fingerprint density at radius 1 is 1.04 bits per heavy atom. The van der Waals surface area contributed by atoms with Crippen molar-refractivity contribution in [3.05, 3.63) is 0 Å². The molecule has 5 nitrogen and oxygen atoms in total. The molecule has 1 atom stereocenters. The molecule has 146 valence electrons. The lowest BCUT2D eigenvalue weighted by atomic mass is 9.89. The van der Waals surface area contributed by atoms with E-state index in [0.717, 1.165) is 6.42 Å². The molecule has 0 aromatic heterocycles. The van der Waals surface area contributed by atoms with Gasteiger partial charge < -0.3 is 14.2 Å². The summed E-state index contributed by atoms with van der Waals surface area (Å²) in [7, 11) is 0.648. The van der Waals surface area contributed by atoms with Crippen molar-refractivity contribution >= 4 is 11.9 Å². The number of alkyl halides is 5. The van der Waals surface area contributed by atoms with E-state index in [9.17, 15) is 31.5 Å². The molecular formula is C15H21F5O5. The highest BCUT2D eigenvalue weighted by atomic mass is 19.4. The average Bonchev–Trinajstić information content (AvgIpc) is 2.51. The molecule has 0 saturated heterocycles. The van der Waals surface area contributed by atoms with Gasteiger partial charge >= 0.3 is 23.9 Å². The number of rotatable bonds is 7. The Hall–Kier alpha value is -1.45. The number of ether oxygens (including phenoxy) is 3. The van der Waals surface area contributed by atoms with Gasteiger partial charge in [-0.1, -0.05) is 19.3 Å². The van der Waals surface area contributed by atoms with Gasteiger partial charge in [-0.2, -0.15) is 13.2 Å². The highest BCUT2D eigenvalue weighted by molar-refractivity contribution is 5.83. The summed E-state index contributed by atoms with van der Waals surface area (Å²) < 4.78 is 78.9. The predicted octanol–water partition coefficient (Wildman–Crippen LogP) is 3.60. The summed E-state index contributed by atoms with van der Waals surface area (Å²) in [5.41, 5.74) is 0. The van der Waals surface area contributed by atoms with Crippen molar-refractivity contribution in [3.8, 4) is 0 Å². The van der Waals surface area contributed by atoms with Crippen LogP contribution in [0.4, 0.5) is 22.0 Å². The third-order valence-electron chi connectivity index (χ3n) is 3.86. The van der Waals surface area contributed by atoms with Crippen molar-refractivity contribution in [3.63, 3.8) is 0 Å². The summed E-state index contributed by atoms with van der Waals surface area (Å²) in [5, 5.41) is 0. The van der Waals surface area contributed by atoms with E-state index >= 15 is 0 Å². The van der Waals surface area contributed by atoms with E-state index in [1.807, 2.05) is 0 Å². The quantitative estimate of drug-likeness (QED) is 0.386. The first-order valence-electron chi connectivity index (χ1n) is 7.83. The average molecular weight is 376 g/mol. The topological polar surface area (TPSA) is 61.8 Å². The number of carbonyl (C=O) groups excluding carboxylic acids is 2. The minimum atomic E-state index is -5.49. The maximum absolute atomic E-state index is 13.5. The van der Waals surface area contributed by atoms with E-state index in [2.05, 4.69) is 14.2 Å². The Morgan fingerprint density at radius 2 is 1.60 bits per heavy atom. The van der Waals surface area contributed by atoms with Crippen molar-refractivity contribution in [1.29, 1.82) is 0 Å². The normalized spacial score (nSPS) is 19.2. The molecule has 0 aromatic rings. The van der Waals surface area contributed by atoms with Crippen LogP contribution >= 0.6 is 0 Å². The van der Waals surface area contributed by atoms with E-state index in [1.165, 1.54) is 0 Å². The number of hydrogen-bond donors (Lipinski definition) is 0. The standard InChI is InChI=1S/C15H21F5O5/c1-13(16,17)8-9-24-14(12(22)23-2,15(18,19)20)25-11(21)10-6-4-3-5-7-10/h10H,3-9H2,1-2H3. The number of carbonyl (C=O) groups is 2. The minimum Gasteiger partial charge on any atom is -0.464 e. The summed E-state index contributed by atoms with van der Waals surface area (Å²) in [4.78, 5) is 23.8. The number of hydrogen-bond acceptors (Lipinski definition) is 5. The van der Waals surface area contributed by atoms with Gasteiger partial charge in [-0.3, -0.25) is 4.79 Å². The lowest BCUT2D eigenvalue weighted by Gasteiger charge is -2.33. The van der Waals surface area contributed by atoms with Gasteiger partial charge in [0.15, 0.2) is 0 Å². The molecule has 1 unspecified atom stereocenters. The van der Waals surface area contributed by atoms with E-state index in [1.54, 1.807) is 0 Å². The third kappa shape index (κ3) is 5.79. The monoisotopic (exact) mass is 376 g/mol. The fourth-order valence-corrected chi connectivity index (χ4v) is 2.46. The molecule has 0 aliphatic heterocycles. The van der Waals surface area contributed by atoms with Gasteiger partial charge in [0.25, 0.3) is 0 Å². The van der Waals surface area contributed by atoms with Crippen LogP contribution in [0.15, 0.2) is 0 Å². The second-order valence-electron chi connectivity index (χ2n) is 6.03. The highest BCUT2D eigenvalue weighted by Gasteiger charge is 2.68. The Morgan fingerprint density at radius 3 is 2.04 bits per heavy atom. The molecule has 1 aliphatic carbocycles. The van der Waals surface area contributed by atoms with E-state index in [0.29, 0.717) is 39.7 Å². The largest absolute Gasteiger partial charge is 0.468 e. The third-order valence-corrected chi connectivity index (χ3v) is 3.86. The SMILES string of the molecule is COC(=O)C(OCCC(C)(F)F)(OC(=O)C1CCCCC1)C(F)(F)F. The summed E-state index contributed by atoms with van der Waals surface area (Å²) in [5.74, 6) is -11.5. The summed E-state index contributed by atoms with van der Waals surface area (Å²) in [6.45, 7) is -0.673. The van der Waals surface area contributed by atoms with Gasteiger partial charge in [-0.25, -0.2) is 13.6 Å². The molecule has 0 N–H and O–H groups in total. The van der Waals surface area contributed by atoms with Crippen LogP contribution in [0.25, 0.3) is 0 Å². The maximum atomic E-state index is 13.5. The van der Waals surface area contributed by atoms with Crippen LogP contribution in [0.2, 0.25) is 0 Å². The van der Waals surface area contributed by atoms with Gasteiger partial charge in [0.2, 0.25) is 5.92 Å². The lowest BCUT2D eigenvalue weighted by Crippen LogP contribution is -2.58.